The highest BCUT2D eigenvalue weighted by molar-refractivity contribution is 5.23. The molecule has 66 valence electrons. The third-order valence-corrected chi connectivity index (χ3v) is 2.16. The van der Waals surface area contributed by atoms with Crippen LogP contribution in [0.5, 0.6) is 0 Å². The highest BCUT2D eigenvalue weighted by atomic mass is 16.5. The van der Waals surface area contributed by atoms with Gasteiger partial charge in [0.15, 0.2) is 0 Å². The van der Waals surface area contributed by atoms with Crippen molar-refractivity contribution in [2.24, 2.45) is 5.73 Å². The van der Waals surface area contributed by atoms with Crippen LogP contribution in [0.2, 0.25) is 0 Å². The highest BCUT2D eigenvalue weighted by Gasteiger charge is 2.31. The average Bonchev–Trinajstić information content (AvgIpc) is 2.83. The lowest BCUT2D eigenvalue weighted by Gasteiger charge is -2.04. The second-order valence-corrected chi connectivity index (χ2v) is 3.17. The van der Waals surface area contributed by atoms with Crippen molar-refractivity contribution < 1.29 is 9.63 Å². The lowest BCUT2D eigenvalue weighted by Crippen LogP contribution is -2.12. The van der Waals surface area contributed by atoms with Crippen LogP contribution in [0.1, 0.15) is 36.2 Å². The predicted molar refractivity (Wildman–Crippen MR) is 42.5 cm³/mol. The Balaban J connectivity index is 2.23. The van der Waals surface area contributed by atoms with Gasteiger partial charge in [0.05, 0.1) is 12.3 Å². The fourth-order valence-electron chi connectivity index (χ4n) is 1.29. The van der Waals surface area contributed by atoms with Crippen LogP contribution in [0.15, 0.2) is 10.7 Å². The van der Waals surface area contributed by atoms with Crippen LogP contribution in [0.25, 0.3) is 0 Å². The number of hydrogen-bond acceptors (Lipinski definition) is 4. The quantitative estimate of drug-likeness (QED) is 0.691. The Kier molecular flexibility index (Phi) is 1.86. The van der Waals surface area contributed by atoms with Crippen molar-refractivity contribution in [3.05, 3.63) is 17.5 Å². The molecular formula is C8H12N2O2. The molecule has 1 heterocycles. The molecule has 1 saturated carbocycles. The number of aromatic nitrogens is 1. The molecule has 1 atom stereocenters. The summed E-state index contributed by atoms with van der Waals surface area (Å²) in [6.45, 7) is 0.223. The zero-order valence-electron chi connectivity index (χ0n) is 6.73. The van der Waals surface area contributed by atoms with Gasteiger partial charge < -0.3 is 15.4 Å². The maximum absolute atomic E-state index is 9.45. The topological polar surface area (TPSA) is 72.3 Å². The Morgan fingerprint density at radius 1 is 1.75 bits per heavy atom. The van der Waals surface area contributed by atoms with Gasteiger partial charge in [-0.25, -0.2) is 0 Å². The summed E-state index contributed by atoms with van der Waals surface area (Å²) in [6.07, 6.45) is 3.22. The van der Waals surface area contributed by atoms with Crippen molar-refractivity contribution in [2.45, 2.75) is 24.9 Å². The first-order chi connectivity index (χ1) is 5.83. The fraction of sp³-hybridized carbons (Fsp3) is 0.625. The molecule has 1 fully saturated rings. The van der Waals surface area contributed by atoms with Crippen LogP contribution in [0.4, 0.5) is 0 Å². The summed E-state index contributed by atoms with van der Waals surface area (Å²) in [4.78, 5) is 0. The van der Waals surface area contributed by atoms with Crippen LogP contribution in [-0.4, -0.2) is 16.8 Å². The molecule has 1 aliphatic carbocycles. The van der Waals surface area contributed by atoms with E-state index in [1.165, 1.54) is 0 Å². The molecule has 0 amide bonds. The van der Waals surface area contributed by atoms with Crippen molar-refractivity contribution in [2.75, 3.05) is 6.54 Å². The minimum Gasteiger partial charge on any atom is -0.387 e. The lowest BCUT2D eigenvalue weighted by atomic mass is 10.1. The summed E-state index contributed by atoms with van der Waals surface area (Å²) in [6, 6.07) is 0. The van der Waals surface area contributed by atoms with Crippen LogP contribution >= 0.6 is 0 Å². The highest BCUT2D eigenvalue weighted by Crippen LogP contribution is 2.42. The summed E-state index contributed by atoms with van der Waals surface area (Å²) in [5.41, 5.74) is 6.10. The molecule has 12 heavy (non-hydrogen) atoms. The number of aliphatic hydroxyl groups excluding tert-OH is 1. The van der Waals surface area contributed by atoms with Crippen LogP contribution in [-0.2, 0) is 0 Å². The average molecular weight is 168 g/mol. The van der Waals surface area contributed by atoms with Crippen molar-refractivity contribution in [3.63, 3.8) is 0 Å². The second kappa shape index (κ2) is 2.88. The summed E-state index contributed by atoms with van der Waals surface area (Å²) in [7, 11) is 0. The molecule has 1 aromatic rings. The second-order valence-electron chi connectivity index (χ2n) is 3.17. The molecule has 1 unspecified atom stereocenters. The third-order valence-electron chi connectivity index (χ3n) is 2.16. The van der Waals surface area contributed by atoms with Crippen molar-refractivity contribution in [3.8, 4) is 0 Å². The molecule has 0 spiro atoms. The lowest BCUT2D eigenvalue weighted by molar-refractivity contribution is 0.184. The first-order valence-corrected chi connectivity index (χ1v) is 4.15. The molecule has 0 saturated heterocycles. The zero-order valence-corrected chi connectivity index (χ0v) is 6.73. The molecule has 2 rings (SSSR count). The molecular weight excluding hydrogens is 156 g/mol. The predicted octanol–water partition coefficient (Wildman–Crippen LogP) is 0.544. The molecule has 0 radical (unpaired) electrons. The van der Waals surface area contributed by atoms with Gasteiger partial charge in [0.1, 0.15) is 5.76 Å². The van der Waals surface area contributed by atoms with E-state index < -0.39 is 6.10 Å². The summed E-state index contributed by atoms with van der Waals surface area (Å²) >= 11 is 0. The monoisotopic (exact) mass is 168 g/mol. The number of hydrogen-bond donors (Lipinski definition) is 2. The standard InChI is InChI=1S/C8H12N2O2/c9-3-7(11)6-4-10-12-8(6)5-1-2-5/h4-5,7,11H,1-3,9H2. The van der Waals surface area contributed by atoms with E-state index in [0.717, 1.165) is 24.2 Å². The van der Waals surface area contributed by atoms with Crippen molar-refractivity contribution in [1.29, 1.82) is 0 Å². The Morgan fingerprint density at radius 2 is 2.50 bits per heavy atom. The number of rotatable bonds is 3. The largest absolute Gasteiger partial charge is 0.387 e. The van der Waals surface area contributed by atoms with Gasteiger partial charge in [0, 0.05) is 18.0 Å². The molecule has 1 aromatic heterocycles. The third kappa shape index (κ3) is 1.23. The SMILES string of the molecule is NCC(O)c1cnoc1C1CC1. The van der Waals surface area contributed by atoms with Gasteiger partial charge >= 0.3 is 0 Å². The van der Waals surface area contributed by atoms with E-state index >= 15 is 0 Å². The van der Waals surface area contributed by atoms with E-state index in [1.807, 2.05) is 0 Å². The van der Waals surface area contributed by atoms with E-state index in [4.69, 9.17) is 10.3 Å². The van der Waals surface area contributed by atoms with Crippen LogP contribution in [0, 0.1) is 0 Å². The van der Waals surface area contributed by atoms with E-state index in [-0.39, 0.29) is 6.54 Å². The van der Waals surface area contributed by atoms with Gasteiger partial charge in [0.2, 0.25) is 0 Å². The summed E-state index contributed by atoms with van der Waals surface area (Å²) in [5.74, 6) is 1.30. The van der Waals surface area contributed by atoms with Gasteiger partial charge in [-0.1, -0.05) is 5.16 Å². The van der Waals surface area contributed by atoms with E-state index in [1.54, 1.807) is 6.20 Å². The molecule has 0 bridgehead atoms. The van der Waals surface area contributed by atoms with Crippen LogP contribution < -0.4 is 5.73 Å². The first kappa shape index (κ1) is 7.76. The van der Waals surface area contributed by atoms with E-state index in [0.29, 0.717) is 5.92 Å². The fourth-order valence-corrected chi connectivity index (χ4v) is 1.29. The van der Waals surface area contributed by atoms with E-state index in [9.17, 15) is 5.11 Å². The molecule has 0 aromatic carbocycles. The maximum atomic E-state index is 9.45. The molecule has 1 aliphatic rings. The molecule has 0 aliphatic heterocycles. The molecule has 3 N–H and O–H groups in total. The zero-order chi connectivity index (χ0) is 8.55. The summed E-state index contributed by atoms with van der Waals surface area (Å²) < 4.78 is 5.05. The summed E-state index contributed by atoms with van der Waals surface area (Å²) in [5, 5.41) is 13.1. The van der Waals surface area contributed by atoms with Crippen molar-refractivity contribution in [1.82, 2.24) is 5.16 Å². The van der Waals surface area contributed by atoms with Gasteiger partial charge in [0.25, 0.3) is 0 Å². The molecule has 4 heteroatoms. The van der Waals surface area contributed by atoms with Gasteiger partial charge in [-0.15, -0.1) is 0 Å². The van der Waals surface area contributed by atoms with E-state index in [2.05, 4.69) is 5.16 Å². The Labute approximate surface area is 70.3 Å². The van der Waals surface area contributed by atoms with Gasteiger partial charge in [-0.05, 0) is 12.8 Å². The minimum absolute atomic E-state index is 0.223. The maximum Gasteiger partial charge on any atom is 0.145 e. The Morgan fingerprint density at radius 3 is 3.08 bits per heavy atom. The number of nitrogens with two attached hydrogens (primary N) is 1. The Hall–Kier alpha value is -0.870. The van der Waals surface area contributed by atoms with Crippen LogP contribution in [0.3, 0.4) is 0 Å². The molecule has 4 nitrogen and oxygen atoms in total. The normalized spacial score (nSPS) is 19.5. The smallest absolute Gasteiger partial charge is 0.145 e. The van der Waals surface area contributed by atoms with Gasteiger partial charge in [-0.3, -0.25) is 0 Å². The Bertz CT molecular complexity index is 268. The number of aliphatic hydroxyl groups is 1. The van der Waals surface area contributed by atoms with Gasteiger partial charge in [-0.2, -0.15) is 0 Å². The first-order valence-electron chi connectivity index (χ1n) is 4.15. The van der Waals surface area contributed by atoms with Crippen molar-refractivity contribution >= 4 is 0 Å². The number of nitrogens with zero attached hydrogens (tertiary/aromatic N) is 1. The minimum atomic E-state index is -0.619.